The second kappa shape index (κ2) is 2.98. The van der Waals surface area contributed by atoms with Crippen LogP contribution in [0.2, 0.25) is 0 Å². The van der Waals surface area contributed by atoms with Crippen molar-refractivity contribution in [3.63, 3.8) is 0 Å². The first-order valence-corrected chi connectivity index (χ1v) is 4.77. The van der Waals surface area contributed by atoms with Crippen LogP contribution in [0.1, 0.15) is 13.3 Å². The van der Waals surface area contributed by atoms with Gasteiger partial charge in [-0.25, -0.2) is 0 Å². The van der Waals surface area contributed by atoms with E-state index in [1.54, 1.807) is 0 Å². The van der Waals surface area contributed by atoms with Crippen molar-refractivity contribution in [1.29, 1.82) is 0 Å². The number of likely N-dealkylation sites (N-methyl/N-ethyl adjacent to an activating group) is 2. The third kappa shape index (κ3) is 1.08. The Morgan fingerprint density at radius 1 is 1.50 bits per heavy atom. The average Bonchev–Trinajstić information content (AvgIpc) is 2.52. The van der Waals surface area contributed by atoms with Crippen LogP contribution < -0.4 is 5.32 Å². The zero-order chi connectivity index (χ0) is 8.72. The Kier molecular flexibility index (Phi) is 2.10. The smallest absolute Gasteiger partial charge is 0.0762 e. The number of fused-ring (bicyclic) bond motifs is 1. The topological polar surface area (TPSA) is 24.5 Å². The van der Waals surface area contributed by atoms with E-state index >= 15 is 0 Å². The lowest BCUT2D eigenvalue weighted by Gasteiger charge is -2.25. The lowest BCUT2D eigenvalue weighted by molar-refractivity contribution is 0.0514. The molecule has 2 rings (SSSR count). The van der Waals surface area contributed by atoms with Crippen molar-refractivity contribution in [3.8, 4) is 0 Å². The highest BCUT2D eigenvalue weighted by Gasteiger charge is 2.46. The summed E-state index contributed by atoms with van der Waals surface area (Å²) in [6, 6.07) is 1.12. The fourth-order valence-corrected chi connectivity index (χ4v) is 2.63. The first kappa shape index (κ1) is 8.48. The number of likely N-dealkylation sites (tertiary alicyclic amines) is 1. The molecule has 70 valence electrons. The number of ether oxygens (including phenoxy) is 1. The standard InChI is InChI=1S/C9H18N2O/c1-6-8(10-2)9-7(12-6)4-5-11(9)3/h6-10H,4-5H2,1-3H3. The van der Waals surface area contributed by atoms with Gasteiger partial charge in [0, 0.05) is 6.54 Å². The van der Waals surface area contributed by atoms with Crippen molar-refractivity contribution in [3.05, 3.63) is 0 Å². The lowest BCUT2D eigenvalue weighted by Crippen LogP contribution is -2.47. The van der Waals surface area contributed by atoms with Crippen LogP contribution in [0.3, 0.4) is 0 Å². The van der Waals surface area contributed by atoms with E-state index in [2.05, 4.69) is 24.2 Å². The quantitative estimate of drug-likeness (QED) is 0.602. The molecule has 2 saturated heterocycles. The third-order valence-corrected chi connectivity index (χ3v) is 3.25. The van der Waals surface area contributed by atoms with Crippen LogP contribution >= 0.6 is 0 Å². The second-order valence-electron chi connectivity index (χ2n) is 3.95. The highest BCUT2D eigenvalue weighted by Crippen LogP contribution is 2.31. The van der Waals surface area contributed by atoms with Crippen molar-refractivity contribution in [1.82, 2.24) is 10.2 Å². The maximum absolute atomic E-state index is 5.85. The van der Waals surface area contributed by atoms with E-state index in [9.17, 15) is 0 Å². The largest absolute Gasteiger partial charge is 0.372 e. The molecular weight excluding hydrogens is 152 g/mol. The van der Waals surface area contributed by atoms with E-state index in [0.29, 0.717) is 24.3 Å². The number of hydrogen-bond donors (Lipinski definition) is 1. The number of rotatable bonds is 1. The molecule has 0 aromatic rings. The molecule has 0 amide bonds. The summed E-state index contributed by atoms with van der Waals surface area (Å²) in [5.74, 6) is 0. The third-order valence-electron chi connectivity index (χ3n) is 3.25. The molecule has 2 fully saturated rings. The summed E-state index contributed by atoms with van der Waals surface area (Å²) in [6.07, 6.45) is 2.04. The predicted octanol–water partition coefficient (Wildman–Crippen LogP) is 0.0658. The normalized spacial score (nSPS) is 48.2. The van der Waals surface area contributed by atoms with Crippen LogP contribution in [0.5, 0.6) is 0 Å². The van der Waals surface area contributed by atoms with E-state index in [0.717, 1.165) is 0 Å². The Morgan fingerprint density at radius 3 is 2.92 bits per heavy atom. The molecular formula is C9H18N2O. The van der Waals surface area contributed by atoms with Crippen molar-refractivity contribution < 1.29 is 4.74 Å². The summed E-state index contributed by atoms with van der Waals surface area (Å²) < 4.78 is 5.85. The molecule has 0 bridgehead atoms. The van der Waals surface area contributed by atoms with Gasteiger partial charge in [0.15, 0.2) is 0 Å². The summed E-state index contributed by atoms with van der Waals surface area (Å²) in [6.45, 7) is 3.34. The molecule has 0 saturated carbocycles. The van der Waals surface area contributed by atoms with Crippen LogP contribution in [-0.2, 0) is 4.74 Å². The van der Waals surface area contributed by atoms with Crippen molar-refractivity contribution >= 4 is 0 Å². The zero-order valence-corrected chi connectivity index (χ0v) is 8.08. The van der Waals surface area contributed by atoms with Gasteiger partial charge in [0.25, 0.3) is 0 Å². The van der Waals surface area contributed by atoms with Gasteiger partial charge in [-0.2, -0.15) is 0 Å². The predicted molar refractivity (Wildman–Crippen MR) is 48.2 cm³/mol. The lowest BCUT2D eigenvalue weighted by atomic mass is 10.0. The van der Waals surface area contributed by atoms with Crippen LogP contribution in [0.15, 0.2) is 0 Å². The van der Waals surface area contributed by atoms with Gasteiger partial charge in [-0.1, -0.05) is 0 Å². The van der Waals surface area contributed by atoms with Gasteiger partial charge in [-0.05, 0) is 27.4 Å². The molecule has 3 heteroatoms. The molecule has 3 nitrogen and oxygen atoms in total. The Labute approximate surface area is 74.1 Å². The summed E-state index contributed by atoms with van der Waals surface area (Å²) >= 11 is 0. The summed E-state index contributed by atoms with van der Waals surface area (Å²) in [5, 5.41) is 3.35. The van der Waals surface area contributed by atoms with Gasteiger partial charge in [-0.15, -0.1) is 0 Å². The molecule has 1 N–H and O–H groups in total. The van der Waals surface area contributed by atoms with Gasteiger partial charge in [0.1, 0.15) is 0 Å². The first-order valence-electron chi connectivity index (χ1n) is 4.77. The van der Waals surface area contributed by atoms with Gasteiger partial charge in [-0.3, -0.25) is 4.90 Å². The molecule has 4 atom stereocenters. The van der Waals surface area contributed by atoms with Crippen LogP contribution in [-0.4, -0.2) is 49.8 Å². The fraction of sp³-hybridized carbons (Fsp3) is 1.00. The summed E-state index contributed by atoms with van der Waals surface area (Å²) in [4.78, 5) is 2.41. The fourth-order valence-electron chi connectivity index (χ4n) is 2.63. The molecule has 2 aliphatic rings. The maximum Gasteiger partial charge on any atom is 0.0762 e. The van der Waals surface area contributed by atoms with E-state index in [-0.39, 0.29) is 0 Å². The van der Waals surface area contributed by atoms with Gasteiger partial charge in [0.05, 0.1) is 24.3 Å². The Hall–Kier alpha value is -0.120. The highest BCUT2D eigenvalue weighted by atomic mass is 16.5. The molecule has 2 heterocycles. The van der Waals surface area contributed by atoms with Crippen LogP contribution in [0.25, 0.3) is 0 Å². The first-order chi connectivity index (χ1) is 5.74. The average molecular weight is 170 g/mol. The van der Waals surface area contributed by atoms with Gasteiger partial charge < -0.3 is 10.1 Å². The molecule has 12 heavy (non-hydrogen) atoms. The number of nitrogens with one attached hydrogen (secondary N) is 1. The van der Waals surface area contributed by atoms with E-state index in [4.69, 9.17) is 4.74 Å². The SMILES string of the molecule is CNC1C(C)OC2CCN(C)C21. The molecule has 4 unspecified atom stereocenters. The maximum atomic E-state index is 5.85. The number of hydrogen-bond acceptors (Lipinski definition) is 3. The Bertz CT molecular complexity index is 174. The summed E-state index contributed by atoms with van der Waals surface area (Å²) in [7, 11) is 4.22. The van der Waals surface area contributed by atoms with Crippen LogP contribution in [0, 0.1) is 0 Å². The minimum Gasteiger partial charge on any atom is -0.372 e. The molecule has 0 aliphatic carbocycles. The van der Waals surface area contributed by atoms with Crippen LogP contribution in [0.4, 0.5) is 0 Å². The number of nitrogens with zero attached hydrogens (tertiary/aromatic N) is 1. The van der Waals surface area contributed by atoms with Crippen molar-refractivity contribution in [2.45, 2.75) is 37.6 Å². The van der Waals surface area contributed by atoms with E-state index < -0.39 is 0 Å². The minimum absolute atomic E-state index is 0.368. The minimum atomic E-state index is 0.368. The van der Waals surface area contributed by atoms with Crippen molar-refractivity contribution in [2.24, 2.45) is 0 Å². The molecule has 0 aromatic heterocycles. The second-order valence-corrected chi connectivity index (χ2v) is 3.95. The highest BCUT2D eigenvalue weighted by molar-refractivity contribution is 5.02. The van der Waals surface area contributed by atoms with E-state index in [1.165, 1.54) is 13.0 Å². The molecule has 0 aromatic carbocycles. The molecule has 2 aliphatic heterocycles. The van der Waals surface area contributed by atoms with Gasteiger partial charge in [0.2, 0.25) is 0 Å². The monoisotopic (exact) mass is 170 g/mol. The van der Waals surface area contributed by atoms with Gasteiger partial charge >= 0.3 is 0 Å². The van der Waals surface area contributed by atoms with Crippen molar-refractivity contribution in [2.75, 3.05) is 20.6 Å². The Morgan fingerprint density at radius 2 is 2.25 bits per heavy atom. The zero-order valence-electron chi connectivity index (χ0n) is 8.08. The van der Waals surface area contributed by atoms with E-state index in [1.807, 2.05) is 7.05 Å². The summed E-state index contributed by atoms with van der Waals surface area (Å²) in [5.41, 5.74) is 0. The molecule has 0 spiro atoms. The Balaban J connectivity index is 2.12. The molecule has 0 radical (unpaired) electrons.